The van der Waals surface area contributed by atoms with Crippen molar-refractivity contribution in [3.05, 3.63) is 44.7 Å². The molecule has 170 valence electrons. The Balaban J connectivity index is 2.15. The maximum Gasteiger partial charge on any atom is 0.303 e. The van der Waals surface area contributed by atoms with E-state index in [0.717, 1.165) is 24.1 Å². The van der Waals surface area contributed by atoms with Gasteiger partial charge in [0, 0.05) is 23.0 Å². The first-order valence-electron chi connectivity index (χ1n) is 10.3. The minimum absolute atomic E-state index is 0.103. The molecule has 0 bridgehead atoms. The fraction of sp³-hybridized carbons (Fsp3) is 0.478. The highest BCUT2D eigenvalue weighted by molar-refractivity contribution is 7.09. The average molecular weight is 475 g/mol. The number of aliphatic imine (C=N–C) groups is 1. The second kappa shape index (κ2) is 9.47. The Kier molecular flexibility index (Phi) is 7.11. The van der Waals surface area contributed by atoms with Gasteiger partial charge in [0.1, 0.15) is 11.4 Å². The molecule has 0 aliphatic heterocycles. The SMILES string of the molecule is COc1ccc(Cl)cc1C(=NC#N)/N=c1\sc(C(C)(C)C)cn1CC1(OC(C)=O)CCC1. The van der Waals surface area contributed by atoms with Crippen LogP contribution in [0.15, 0.2) is 34.4 Å². The quantitative estimate of drug-likeness (QED) is 0.269. The van der Waals surface area contributed by atoms with Crippen molar-refractivity contribution in [2.24, 2.45) is 9.98 Å². The van der Waals surface area contributed by atoms with E-state index in [9.17, 15) is 10.1 Å². The van der Waals surface area contributed by atoms with Gasteiger partial charge in [0.15, 0.2) is 10.6 Å². The summed E-state index contributed by atoms with van der Waals surface area (Å²) < 4.78 is 13.1. The van der Waals surface area contributed by atoms with Crippen LogP contribution in [-0.4, -0.2) is 29.1 Å². The van der Waals surface area contributed by atoms with E-state index in [-0.39, 0.29) is 17.2 Å². The second-order valence-corrected chi connectivity index (χ2v) is 10.3. The van der Waals surface area contributed by atoms with Gasteiger partial charge in [-0.25, -0.2) is 0 Å². The first-order chi connectivity index (χ1) is 15.1. The van der Waals surface area contributed by atoms with Crippen molar-refractivity contribution >= 4 is 34.7 Å². The number of hydrogen-bond acceptors (Lipinski definition) is 6. The zero-order chi connectivity index (χ0) is 23.5. The van der Waals surface area contributed by atoms with Crippen LogP contribution in [0.3, 0.4) is 0 Å². The molecule has 1 aliphatic rings. The second-order valence-electron chi connectivity index (χ2n) is 8.88. The van der Waals surface area contributed by atoms with Crippen LogP contribution in [0, 0.1) is 11.5 Å². The Morgan fingerprint density at radius 3 is 2.62 bits per heavy atom. The molecule has 0 N–H and O–H groups in total. The Hall–Kier alpha value is -2.63. The van der Waals surface area contributed by atoms with Crippen molar-refractivity contribution in [3.63, 3.8) is 0 Å². The molecule has 0 radical (unpaired) electrons. The van der Waals surface area contributed by atoms with Gasteiger partial charge in [-0.3, -0.25) is 4.79 Å². The molecular formula is C23H27ClN4O3S. The van der Waals surface area contributed by atoms with Gasteiger partial charge in [0.2, 0.25) is 6.19 Å². The van der Waals surface area contributed by atoms with Crippen LogP contribution < -0.4 is 9.54 Å². The van der Waals surface area contributed by atoms with Gasteiger partial charge in [-0.2, -0.15) is 15.2 Å². The Labute approximate surface area is 197 Å². The number of halogens is 1. The van der Waals surface area contributed by atoms with Gasteiger partial charge < -0.3 is 14.0 Å². The molecule has 1 aliphatic carbocycles. The molecule has 0 unspecified atom stereocenters. The van der Waals surface area contributed by atoms with E-state index < -0.39 is 5.60 Å². The Morgan fingerprint density at radius 1 is 1.38 bits per heavy atom. The zero-order valence-electron chi connectivity index (χ0n) is 18.9. The van der Waals surface area contributed by atoms with Crippen LogP contribution in [0.1, 0.15) is 57.4 Å². The molecule has 32 heavy (non-hydrogen) atoms. The van der Waals surface area contributed by atoms with Crippen LogP contribution in [0.25, 0.3) is 0 Å². The minimum Gasteiger partial charge on any atom is -0.496 e. The summed E-state index contributed by atoms with van der Waals surface area (Å²) in [4.78, 5) is 22.2. The number of rotatable bonds is 5. The fourth-order valence-electron chi connectivity index (χ4n) is 3.54. The molecule has 0 atom stereocenters. The monoisotopic (exact) mass is 474 g/mol. The number of nitriles is 1. The van der Waals surface area contributed by atoms with E-state index in [2.05, 4.69) is 25.8 Å². The van der Waals surface area contributed by atoms with Gasteiger partial charge in [0.25, 0.3) is 0 Å². The molecule has 3 rings (SSSR count). The highest BCUT2D eigenvalue weighted by atomic mass is 35.5. The predicted molar refractivity (Wildman–Crippen MR) is 125 cm³/mol. The molecule has 2 aromatic rings. The molecule has 0 saturated heterocycles. The van der Waals surface area contributed by atoms with Crippen LogP contribution in [0.4, 0.5) is 0 Å². The standard InChI is InChI=1S/C23H27ClN4O3S/c1-15(29)31-23(9-6-10-23)13-28-12-19(22(2,3)4)32-21(28)27-20(26-14-25)17-11-16(24)7-8-18(17)30-5/h7-8,11-12H,6,9-10,13H2,1-5H3/b26-20?,27-21-. The summed E-state index contributed by atoms with van der Waals surface area (Å²) in [5.74, 6) is 0.435. The number of hydrogen-bond donors (Lipinski definition) is 0. The average Bonchev–Trinajstić information content (AvgIpc) is 3.08. The first kappa shape index (κ1) is 24.0. The van der Waals surface area contributed by atoms with Crippen LogP contribution in [-0.2, 0) is 21.5 Å². The molecule has 1 aromatic carbocycles. The van der Waals surface area contributed by atoms with Crippen molar-refractivity contribution in [3.8, 4) is 11.9 Å². The molecule has 0 amide bonds. The zero-order valence-corrected chi connectivity index (χ0v) is 20.5. The molecule has 1 heterocycles. The third-order valence-electron chi connectivity index (χ3n) is 5.30. The molecule has 9 heteroatoms. The lowest BCUT2D eigenvalue weighted by Crippen LogP contribution is -2.46. The first-order valence-corrected chi connectivity index (χ1v) is 11.5. The van der Waals surface area contributed by atoms with E-state index >= 15 is 0 Å². The molecule has 1 fully saturated rings. The number of benzene rings is 1. The number of methoxy groups -OCH3 is 1. The van der Waals surface area contributed by atoms with E-state index in [1.165, 1.54) is 18.3 Å². The van der Waals surface area contributed by atoms with Crippen LogP contribution in [0.5, 0.6) is 5.75 Å². The van der Waals surface area contributed by atoms with Crippen molar-refractivity contribution in [1.82, 2.24) is 4.57 Å². The number of thiazole rings is 1. The lowest BCUT2D eigenvalue weighted by molar-refractivity contribution is -0.169. The molecule has 1 aromatic heterocycles. The van der Waals surface area contributed by atoms with Gasteiger partial charge in [-0.05, 0) is 42.9 Å². The third-order valence-corrected chi connectivity index (χ3v) is 6.98. The number of carbonyl (C=O) groups excluding carboxylic acids is 1. The van der Waals surface area contributed by atoms with Crippen molar-refractivity contribution in [2.45, 2.75) is 64.5 Å². The van der Waals surface area contributed by atoms with E-state index in [1.807, 2.05) is 17.0 Å². The fourth-order valence-corrected chi connectivity index (χ4v) is 4.77. The maximum absolute atomic E-state index is 11.7. The van der Waals surface area contributed by atoms with Crippen molar-refractivity contribution < 1.29 is 14.3 Å². The van der Waals surface area contributed by atoms with Gasteiger partial charge in [-0.15, -0.1) is 11.3 Å². The van der Waals surface area contributed by atoms with Crippen molar-refractivity contribution in [2.75, 3.05) is 7.11 Å². The number of aromatic nitrogens is 1. The summed E-state index contributed by atoms with van der Waals surface area (Å²) in [6.07, 6.45) is 6.50. The summed E-state index contributed by atoms with van der Waals surface area (Å²) in [7, 11) is 1.54. The maximum atomic E-state index is 11.7. The minimum atomic E-state index is -0.530. The van der Waals surface area contributed by atoms with Gasteiger partial charge in [0.05, 0.1) is 19.2 Å². The summed E-state index contributed by atoms with van der Waals surface area (Å²) in [5.41, 5.74) is -0.108. The highest BCUT2D eigenvalue weighted by Crippen LogP contribution is 2.37. The molecule has 1 saturated carbocycles. The number of ether oxygens (including phenoxy) is 2. The van der Waals surface area contributed by atoms with E-state index in [0.29, 0.717) is 27.7 Å². The molecular weight excluding hydrogens is 448 g/mol. The molecule has 7 nitrogen and oxygen atoms in total. The summed E-state index contributed by atoms with van der Waals surface area (Å²) in [5, 5.41) is 9.80. The van der Waals surface area contributed by atoms with E-state index in [4.69, 9.17) is 26.1 Å². The van der Waals surface area contributed by atoms with Gasteiger partial charge in [-0.1, -0.05) is 32.4 Å². The topological polar surface area (TPSA) is 89.0 Å². The van der Waals surface area contributed by atoms with Crippen LogP contribution >= 0.6 is 22.9 Å². The highest BCUT2D eigenvalue weighted by Gasteiger charge is 2.41. The smallest absolute Gasteiger partial charge is 0.303 e. The third kappa shape index (κ3) is 5.40. The number of esters is 1. The summed E-state index contributed by atoms with van der Waals surface area (Å²) in [6.45, 7) is 8.31. The number of carbonyl (C=O) groups is 1. The predicted octanol–water partition coefficient (Wildman–Crippen LogP) is 4.82. The largest absolute Gasteiger partial charge is 0.496 e. The number of amidine groups is 1. The summed E-state index contributed by atoms with van der Waals surface area (Å²) >= 11 is 7.71. The Bertz CT molecular complexity index is 1150. The Morgan fingerprint density at radius 2 is 2.09 bits per heavy atom. The number of nitrogens with zero attached hydrogens (tertiary/aromatic N) is 4. The normalized spacial score (nSPS) is 16.3. The molecule has 0 spiro atoms. The van der Waals surface area contributed by atoms with E-state index in [1.54, 1.807) is 25.3 Å². The van der Waals surface area contributed by atoms with Gasteiger partial charge >= 0.3 is 5.97 Å². The summed E-state index contributed by atoms with van der Waals surface area (Å²) in [6, 6.07) is 5.10. The van der Waals surface area contributed by atoms with Crippen LogP contribution in [0.2, 0.25) is 5.02 Å². The van der Waals surface area contributed by atoms with Crippen molar-refractivity contribution in [1.29, 1.82) is 5.26 Å². The lowest BCUT2D eigenvalue weighted by Gasteiger charge is -2.40. The lowest BCUT2D eigenvalue weighted by atomic mass is 9.80.